The van der Waals surface area contributed by atoms with E-state index in [4.69, 9.17) is 11.6 Å². The second kappa shape index (κ2) is 8.10. The number of anilines is 2. The van der Waals surface area contributed by atoms with Crippen molar-refractivity contribution in [3.05, 3.63) is 59.1 Å². The van der Waals surface area contributed by atoms with Gasteiger partial charge in [0.05, 0.1) is 10.6 Å². The van der Waals surface area contributed by atoms with Gasteiger partial charge in [-0.05, 0) is 36.4 Å². The van der Waals surface area contributed by atoms with Crippen LogP contribution in [0.3, 0.4) is 0 Å². The molecule has 0 atom stereocenters. The van der Waals surface area contributed by atoms with Gasteiger partial charge in [-0.3, -0.25) is 9.59 Å². The van der Waals surface area contributed by atoms with Gasteiger partial charge < -0.3 is 15.1 Å². The number of carbonyl (C=O) groups is 2. The fourth-order valence-corrected chi connectivity index (χ4v) is 3.17. The van der Waals surface area contributed by atoms with E-state index in [1.807, 2.05) is 4.90 Å². The van der Waals surface area contributed by atoms with Crippen LogP contribution in [0, 0.1) is 0 Å². The van der Waals surface area contributed by atoms with Gasteiger partial charge in [0.2, 0.25) is 0 Å². The molecule has 3 rings (SSSR count). The highest BCUT2D eigenvalue weighted by molar-refractivity contribution is 6.34. The van der Waals surface area contributed by atoms with E-state index in [0.717, 1.165) is 10.6 Å². The number of amides is 2. The topological polar surface area (TPSA) is 52.7 Å². The third-order valence-electron chi connectivity index (χ3n) is 4.42. The Balaban J connectivity index is 1.59. The highest BCUT2D eigenvalue weighted by Crippen LogP contribution is 2.23. The molecule has 2 aromatic rings. The highest BCUT2D eigenvalue weighted by atomic mass is 35.5. The Morgan fingerprint density at radius 2 is 1.54 bits per heavy atom. The van der Waals surface area contributed by atoms with Gasteiger partial charge in [0.25, 0.3) is 5.91 Å². The lowest BCUT2D eigenvalue weighted by Crippen LogP contribution is -2.52. The quantitative estimate of drug-likeness (QED) is 0.835. The third kappa shape index (κ3) is 4.56. The first-order valence-electron chi connectivity index (χ1n) is 8.53. The maximum Gasteiger partial charge on any atom is 0.471 e. The molecule has 1 saturated heterocycles. The molecule has 0 aromatic heterocycles. The van der Waals surface area contributed by atoms with Gasteiger partial charge in [-0.1, -0.05) is 23.7 Å². The first kappa shape index (κ1) is 20.0. The molecule has 1 fully saturated rings. The minimum Gasteiger partial charge on any atom is -0.368 e. The standard InChI is InChI=1S/C19H17ClF3N3O2/c20-16-4-2-1-3-15(16)17(27)24-13-5-7-14(8-6-13)25-9-11-26(12-10-25)18(28)19(21,22)23/h1-8H,9-12H2,(H,24,27). The number of carbonyl (C=O) groups excluding carboxylic acids is 2. The second-order valence-electron chi connectivity index (χ2n) is 6.26. The second-order valence-corrected chi connectivity index (χ2v) is 6.67. The van der Waals surface area contributed by atoms with Crippen LogP contribution in [0.1, 0.15) is 10.4 Å². The summed E-state index contributed by atoms with van der Waals surface area (Å²) in [6, 6.07) is 13.6. The predicted octanol–water partition coefficient (Wildman–Crippen LogP) is 3.80. The van der Waals surface area contributed by atoms with E-state index < -0.39 is 12.1 Å². The lowest BCUT2D eigenvalue weighted by Gasteiger charge is -2.36. The summed E-state index contributed by atoms with van der Waals surface area (Å²) in [5.74, 6) is -2.14. The molecule has 1 heterocycles. The Morgan fingerprint density at radius 1 is 0.929 bits per heavy atom. The zero-order valence-corrected chi connectivity index (χ0v) is 15.4. The summed E-state index contributed by atoms with van der Waals surface area (Å²) in [6.45, 7) is 0.604. The molecule has 28 heavy (non-hydrogen) atoms. The molecule has 5 nitrogen and oxygen atoms in total. The van der Waals surface area contributed by atoms with E-state index in [9.17, 15) is 22.8 Å². The molecule has 0 radical (unpaired) electrons. The third-order valence-corrected chi connectivity index (χ3v) is 4.75. The zero-order valence-electron chi connectivity index (χ0n) is 14.7. The van der Waals surface area contributed by atoms with Crippen molar-refractivity contribution < 1.29 is 22.8 Å². The highest BCUT2D eigenvalue weighted by Gasteiger charge is 2.43. The summed E-state index contributed by atoms with van der Waals surface area (Å²) in [5.41, 5.74) is 1.73. The Bertz CT molecular complexity index is 863. The predicted molar refractivity (Wildman–Crippen MR) is 101 cm³/mol. The SMILES string of the molecule is O=C(Nc1ccc(N2CCN(C(=O)C(F)(F)F)CC2)cc1)c1ccccc1Cl. The first-order valence-corrected chi connectivity index (χ1v) is 8.90. The van der Waals surface area contributed by atoms with Crippen LogP contribution in [-0.2, 0) is 4.79 Å². The molecule has 1 aliphatic rings. The summed E-state index contributed by atoms with van der Waals surface area (Å²) in [7, 11) is 0. The lowest BCUT2D eigenvalue weighted by atomic mass is 10.2. The van der Waals surface area contributed by atoms with Crippen molar-refractivity contribution in [1.29, 1.82) is 0 Å². The number of piperazine rings is 1. The largest absolute Gasteiger partial charge is 0.471 e. The molecule has 2 aromatic carbocycles. The Morgan fingerprint density at radius 3 is 2.11 bits per heavy atom. The van der Waals surface area contributed by atoms with Crippen LogP contribution in [0.15, 0.2) is 48.5 Å². The molecular formula is C19H17ClF3N3O2. The van der Waals surface area contributed by atoms with Gasteiger partial charge in [-0.2, -0.15) is 13.2 Å². The van der Waals surface area contributed by atoms with Crippen LogP contribution in [0.25, 0.3) is 0 Å². The summed E-state index contributed by atoms with van der Waals surface area (Å²) < 4.78 is 37.5. The number of hydrogen-bond donors (Lipinski definition) is 1. The van der Waals surface area contributed by atoms with E-state index in [2.05, 4.69) is 5.32 Å². The van der Waals surface area contributed by atoms with E-state index in [0.29, 0.717) is 29.4 Å². The molecule has 0 spiro atoms. The van der Waals surface area contributed by atoms with Gasteiger partial charge in [-0.15, -0.1) is 0 Å². The van der Waals surface area contributed by atoms with Gasteiger partial charge in [0.1, 0.15) is 0 Å². The Kier molecular flexibility index (Phi) is 5.79. The number of nitrogens with zero attached hydrogens (tertiary/aromatic N) is 2. The maximum atomic E-state index is 12.5. The summed E-state index contributed by atoms with van der Waals surface area (Å²) in [6.07, 6.45) is -4.84. The Hall–Kier alpha value is -2.74. The van der Waals surface area contributed by atoms with Crippen molar-refractivity contribution in [2.24, 2.45) is 0 Å². The van der Waals surface area contributed by atoms with E-state index in [1.54, 1.807) is 48.5 Å². The fraction of sp³-hybridized carbons (Fsp3) is 0.263. The number of nitrogens with one attached hydrogen (secondary N) is 1. The number of hydrogen-bond acceptors (Lipinski definition) is 3. The average molecular weight is 412 g/mol. The van der Waals surface area contributed by atoms with Crippen molar-refractivity contribution in [2.75, 3.05) is 36.4 Å². The molecule has 1 N–H and O–H groups in total. The van der Waals surface area contributed by atoms with Crippen molar-refractivity contribution in [2.45, 2.75) is 6.18 Å². The fourth-order valence-electron chi connectivity index (χ4n) is 2.95. The molecule has 0 aliphatic carbocycles. The van der Waals surface area contributed by atoms with Crippen LogP contribution in [-0.4, -0.2) is 49.1 Å². The normalized spacial score (nSPS) is 14.7. The summed E-state index contributed by atoms with van der Waals surface area (Å²) in [4.78, 5) is 26.3. The van der Waals surface area contributed by atoms with Gasteiger partial charge >= 0.3 is 12.1 Å². The van der Waals surface area contributed by atoms with E-state index in [-0.39, 0.29) is 19.0 Å². The average Bonchev–Trinajstić information content (AvgIpc) is 2.68. The van der Waals surface area contributed by atoms with E-state index in [1.165, 1.54) is 0 Å². The van der Waals surface area contributed by atoms with Crippen molar-refractivity contribution >= 4 is 34.8 Å². The van der Waals surface area contributed by atoms with Crippen LogP contribution in [0.4, 0.5) is 24.5 Å². The molecule has 2 amide bonds. The lowest BCUT2D eigenvalue weighted by molar-refractivity contribution is -0.185. The molecule has 9 heteroatoms. The van der Waals surface area contributed by atoms with Gasteiger partial charge in [0.15, 0.2) is 0 Å². The molecule has 148 valence electrons. The van der Waals surface area contributed by atoms with Crippen LogP contribution >= 0.6 is 11.6 Å². The van der Waals surface area contributed by atoms with Gasteiger partial charge in [0, 0.05) is 37.6 Å². The monoisotopic (exact) mass is 411 g/mol. The minimum absolute atomic E-state index is 0.00331. The zero-order chi connectivity index (χ0) is 20.3. The molecule has 0 unspecified atom stereocenters. The molecular weight excluding hydrogens is 395 g/mol. The number of alkyl halides is 3. The van der Waals surface area contributed by atoms with E-state index >= 15 is 0 Å². The number of halogens is 4. The van der Waals surface area contributed by atoms with Gasteiger partial charge in [-0.25, -0.2) is 0 Å². The molecule has 0 saturated carbocycles. The van der Waals surface area contributed by atoms with Crippen LogP contribution < -0.4 is 10.2 Å². The number of rotatable bonds is 3. The Labute approximate surface area is 164 Å². The minimum atomic E-state index is -4.84. The number of benzene rings is 2. The molecule has 1 aliphatic heterocycles. The van der Waals surface area contributed by atoms with Crippen molar-refractivity contribution in [3.8, 4) is 0 Å². The summed E-state index contributed by atoms with van der Waals surface area (Å²) >= 11 is 6.01. The van der Waals surface area contributed by atoms with Crippen LogP contribution in [0.2, 0.25) is 5.02 Å². The summed E-state index contributed by atoms with van der Waals surface area (Å²) in [5, 5.41) is 3.10. The van der Waals surface area contributed by atoms with Crippen LogP contribution in [0.5, 0.6) is 0 Å². The smallest absolute Gasteiger partial charge is 0.368 e. The first-order chi connectivity index (χ1) is 13.3. The van der Waals surface area contributed by atoms with Crippen molar-refractivity contribution in [3.63, 3.8) is 0 Å². The maximum absolute atomic E-state index is 12.5. The molecule has 0 bridgehead atoms. The van der Waals surface area contributed by atoms with Crippen molar-refractivity contribution in [1.82, 2.24) is 4.90 Å².